The third kappa shape index (κ3) is 3.93. The van der Waals surface area contributed by atoms with Crippen molar-refractivity contribution in [3.05, 3.63) is 46.8 Å². The number of aromatic nitrogens is 1. The second-order valence-corrected chi connectivity index (χ2v) is 9.35. The highest BCUT2D eigenvalue weighted by atomic mass is 35.5. The van der Waals surface area contributed by atoms with Crippen molar-refractivity contribution in [1.82, 2.24) is 4.98 Å². The molecule has 0 radical (unpaired) electrons. The zero-order valence-corrected chi connectivity index (χ0v) is 18.2. The number of carbonyl (C=O) groups excluding carboxylic acids is 1. The average Bonchev–Trinajstić information content (AvgIpc) is 3.16. The minimum atomic E-state index is -3.88. The molecule has 1 aliphatic rings. The van der Waals surface area contributed by atoms with E-state index in [0.29, 0.717) is 28.4 Å². The van der Waals surface area contributed by atoms with Gasteiger partial charge in [0.2, 0.25) is 0 Å². The molecule has 0 fully saturated rings. The van der Waals surface area contributed by atoms with Crippen molar-refractivity contribution in [1.29, 1.82) is 0 Å². The number of hydrogen-bond donors (Lipinski definition) is 2. The van der Waals surface area contributed by atoms with Crippen LogP contribution in [0.5, 0.6) is 11.5 Å². The highest BCUT2D eigenvalue weighted by molar-refractivity contribution is 7.93. The molecule has 30 heavy (non-hydrogen) atoms. The summed E-state index contributed by atoms with van der Waals surface area (Å²) >= 11 is 7.17. The summed E-state index contributed by atoms with van der Waals surface area (Å²) in [5.41, 5.74) is 1.81. The van der Waals surface area contributed by atoms with Crippen LogP contribution in [0.3, 0.4) is 0 Å². The third-order valence-electron chi connectivity index (χ3n) is 4.37. The Bertz CT molecular complexity index is 1240. The lowest BCUT2D eigenvalue weighted by atomic mass is 10.1. The van der Waals surface area contributed by atoms with E-state index in [1.807, 2.05) is 0 Å². The summed E-state index contributed by atoms with van der Waals surface area (Å²) in [5, 5.41) is 4.88. The molecule has 1 aliphatic heterocycles. The Balaban J connectivity index is 1.57. The van der Waals surface area contributed by atoms with Crippen LogP contribution in [0.2, 0.25) is 5.02 Å². The number of methoxy groups -OCH3 is 1. The van der Waals surface area contributed by atoms with Crippen molar-refractivity contribution in [2.45, 2.75) is 17.9 Å². The average molecular weight is 466 g/mol. The molecule has 4 rings (SSSR count). The molecular weight excluding hydrogens is 450 g/mol. The number of thiazole rings is 1. The molecule has 3 aromatic rings. The zero-order valence-electron chi connectivity index (χ0n) is 15.8. The van der Waals surface area contributed by atoms with Crippen molar-refractivity contribution in [2.75, 3.05) is 17.1 Å². The van der Waals surface area contributed by atoms with Gasteiger partial charge in [-0.1, -0.05) is 11.6 Å². The first-order valence-electron chi connectivity index (χ1n) is 8.70. The Kier molecular flexibility index (Phi) is 5.31. The lowest BCUT2D eigenvalue weighted by molar-refractivity contribution is -0.122. The van der Waals surface area contributed by atoms with E-state index in [0.717, 1.165) is 11.3 Å². The summed E-state index contributed by atoms with van der Waals surface area (Å²) in [6.45, 7) is 1.67. The first-order chi connectivity index (χ1) is 14.3. The van der Waals surface area contributed by atoms with E-state index in [1.54, 1.807) is 30.5 Å². The van der Waals surface area contributed by atoms with Gasteiger partial charge in [0.05, 0.1) is 28.4 Å². The van der Waals surface area contributed by atoms with E-state index in [-0.39, 0.29) is 21.0 Å². The second kappa shape index (κ2) is 7.78. The van der Waals surface area contributed by atoms with Gasteiger partial charge in [-0.25, -0.2) is 13.4 Å². The number of fused-ring (bicyclic) bond motifs is 1. The third-order valence-corrected chi connectivity index (χ3v) is 6.88. The molecule has 156 valence electrons. The SMILES string of the molecule is COc1ccc(S(=O)(=O)Nc2nc(-c3ccc4c(c3)NC(=O)C(C)O4)cs2)cc1Cl. The molecular formula is C19H16ClN3O5S2. The maximum atomic E-state index is 12.6. The number of carbonyl (C=O) groups is 1. The van der Waals surface area contributed by atoms with Gasteiger partial charge in [-0.05, 0) is 43.3 Å². The van der Waals surface area contributed by atoms with E-state index in [9.17, 15) is 13.2 Å². The van der Waals surface area contributed by atoms with Crippen LogP contribution in [-0.4, -0.2) is 32.5 Å². The zero-order chi connectivity index (χ0) is 21.5. The van der Waals surface area contributed by atoms with Crippen LogP contribution < -0.4 is 19.5 Å². The molecule has 1 amide bonds. The smallest absolute Gasteiger partial charge is 0.265 e. The van der Waals surface area contributed by atoms with Gasteiger partial charge in [-0.15, -0.1) is 11.3 Å². The van der Waals surface area contributed by atoms with Crippen LogP contribution in [-0.2, 0) is 14.8 Å². The Hall–Kier alpha value is -2.82. The number of hydrogen-bond acceptors (Lipinski definition) is 7. The quantitative estimate of drug-likeness (QED) is 0.590. The van der Waals surface area contributed by atoms with E-state index >= 15 is 0 Å². The number of amides is 1. The van der Waals surface area contributed by atoms with Crippen molar-refractivity contribution in [3.63, 3.8) is 0 Å². The first-order valence-corrected chi connectivity index (χ1v) is 11.4. The van der Waals surface area contributed by atoms with E-state index < -0.39 is 16.1 Å². The molecule has 8 nitrogen and oxygen atoms in total. The van der Waals surface area contributed by atoms with Gasteiger partial charge in [0, 0.05) is 10.9 Å². The number of anilines is 2. The number of rotatable bonds is 5. The van der Waals surface area contributed by atoms with Crippen LogP contribution in [0.1, 0.15) is 6.92 Å². The van der Waals surface area contributed by atoms with Crippen LogP contribution in [0.15, 0.2) is 46.7 Å². The fraction of sp³-hybridized carbons (Fsp3) is 0.158. The number of sulfonamides is 1. The maximum absolute atomic E-state index is 12.6. The maximum Gasteiger partial charge on any atom is 0.265 e. The van der Waals surface area contributed by atoms with Gasteiger partial charge in [0.25, 0.3) is 15.9 Å². The van der Waals surface area contributed by atoms with Crippen LogP contribution >= 0.6 is 22.9 Å². The van der Waals surface area contributed by atoms with Crippen molar-refractivity contribution in [2.24, 2.45) is 0 Å². The molecule has 1 unspecified atom stereocenters. The molecule has 0 saturated carbocycles. The van der Waals surface area contributed by atoms with Crippen molar-refractivity contribution < 1.29 is 22.7 Å². The van der Waals surface area contributed by atoms with Gasteiger partial charge < -0.3 is 14.8 Å². The molecule has 1 atom stereocenters. The summed E-state index contributed by atoms with van der Waals surface area (Å²) in [7, 11) is -2.43. The van der Waals surface area contributed by atoms with Gasteiger partial charge in [-0.2, -0.15) is 0 Å². The predicted molar refractivity (Wildman–Crippen MR) is 115 cm³/mol. The molecule has 2 N–H and O–H groups in total. The topological polar surface area (TPSA) is 107 Å². The second-order valence-electron chi connectivity index (χ2n) is 6.40. The number of nitrogens with zero attached hydrogens (tertiary/aromatic N) is 1. The molecule has 2 aromatic carbocycles. The van der Waals surface area contributed by atoms with Gasteiger partial charge >= 0.3 is 0 Å². The standard InChI is InChI=1S/C19H16ClN3O5S2/c1-10-18(24)21-14-7-11(3-5-17(14)28-10)15-9-29-19(22-15)23-30(25,26)12-4-6-16(27-2)13(20)8-12/h3-10H,1-2H3,(H,21,24)(H,22,23). The van der Waals surface area contributed by atoms with Gasteiger partial charge in [-0.3, -0.25) is 9.52 Å². The molecule has 11 heteroatoms. The molecule has 0 bridgehead atoms. The Morgan fingerprint density at radius 3 is 2.80 bits per heavy atom. The van der Waals surface area contributed by atoms with Crippen LogP contribution in [0, 0.1) is 0 Å². The normalized spacial score (nSPS) is 15.7. The minimum Gasteiger partial charge on any atom is -0.495 e. The number of benzene rings is 2. The fourth-order valence-corrected chi connectivity index (χ4v) is 5.13. The highest BCUT2D eigenvalue weighted by Gasteiger charge is 2.24. The summed E-state index contributed by atoms with van der Waals surface area (Å²) in [6, 6.07) is 9.45. The fourth-order valence-electron chi connectivity index (χ4n) is 2.81. The van der Waals surface area contributed by atoms with E-state index in [2.05, 4.69) is 15.0 Å². The van der Waals surface area contributed by atoms with Crippen molar-refractivity contribution in [3.8, 4) is 22.8 Å². The summed E-state index contributed by atoms with van der Waals surface area (Å²) in [6.07, 6.45) is -0.560. The molecule has 1 aromatic heterocycles. The largest absolute Gasteiger partial charge is 0.495 e. The molecule has 0 spiro atoms. The lowest BCUT2D eigenvalue weighted by Crippen LogP contribution is -2.34. The predicted octanol–water partition coefficient (Wildman–Crippen LogP) is 3.99. The molecule has 0 aliphatic carbocycles. The highest BCUT2D eigenvalue weighted by Crippen LogP contribution is 2.35. The summed E-state index contributed by atoms with van der Waals surface area (Å²) in [4.78, 5) is 16.2. The summed E-state index contributed by atoms with van der Waals surface area (Å²) in [5.74, 6) is 0.716. The monoisotopic (exact) mass is 465 g/mol. The molecule has 2 heterocycles. The lowest BCUT2D eigenvalue weighted by Gasteiger charge is -2.23. The summed E-state index contributed by atoms with van der Waals surface area (Å²) < 4.78 is 38.3. The number of ether oxygens (including phenoxy) is 2. The van der Waals surface area contributed by atoms with E-state index in [1.165, 1.54) is 25.3 Å². The number of halogens is 1. The number of nitrogens with one attached hydrogen (secondary N) is 2. The first kappa shape index (κ1) is 20.5. The van der Waals surface area contributed by atoms with Crippen LogP contribution in [0.4, 0.5) is 10.8 Å². The Labute approximate surface area is 181 Å². The Morgan fingerprint density at radius 2 is 2.07 bits per heavy atom. The van der Waals surface area contributed by atoms with Gasteiger partial charge in [0.1, 0.15) is 11.5 Å². The van der Waals surface area contributed by atoms with Gasteiger partial charge in [0.15, 0.2) is 11.2 Å². The van der Waals surface area contributed by atoms with E-state index in [4.69, 9.17) is 21.1 Å². The van der Waals surface area contributed by atoms with Crippen molar-refractivity contribution >= 4 is 49.7 Å². The Morgan fingerprint density at radius 1 is 1.27 bits per heavy atom. The van der Waals surface area contributed by atoms with Crippen LogP contribution in [0.25, 0.3) is 11.3 Å². The minimum absolute atomic E-state index is 0.00666. The molecule has 0 saturated heterocycles.